The van der Waals surface area contributed by atoms with Gasteiger partial charge in [-0.15, -0.1) is 0 Å². The van der Waals surface area contributed by atoms with Crippen molar-refractivity contribution >= 4 is 34.8 Å². The molecule has 140 valence electrons. The zero-order chi connectivity index (χ0) is 19.8. The highest BCUT2D eigenvalue weighted by Crippen LogP contribution is 2.27. The van der Waals surface area contributed by atoms with Gasteiger partial charge in [-0.3, -0.25) is 14.6 Å². The van der Waals surface area contributed by atoms with Gasteiger partial charge < -0.3 is 10.2 Å². The van der Waals surface area contributed by atoms with Gasteiger partial charge in [-0.25, -0.2) is 4.39 Å². The molecule has 0 radical (unpaired) electrons. The Kier molecular flexibility index (Phi) is 5.02. The van der Waals surface area contributed by atoms with E-state index in [4.69, 9.17) is 11.6 Å². The Morgan fingerprint density at radius 2 is 1.89 bits per heavy atom. The van der Waals surface area contributed by atoms with Gasteiger partial charge in [-0.2, -0.15) is 0 Å². The average Bonchev–Trinajstić information content (AvgIpc) is 2.82. The molecule has 7 heteroatoms. The first-order valence-corrected chi connectivity index (χ1v) is 8.79. The summed E-state index contributed by atoms with van der Waals surface area (Å²) >= 11 is 6.14. The molecule has 0 spiro atoms. The van der Waals surface area contributed by atoms with Crippen LogP contribution in [0.15, 0.2) is 47.5 Å². The number of amides is 2. The van der Waals surface area contributed by atoms with Crippen LogP contribution in [0.3, 0.4) is 0 Å². The van der Waals surface area contributed by atoms with Crippen molar-refractivity contribution in [3.8, 4) is 0 Å². The largest absolute Gasteiger partial charge is 0.323 e. The highest BCUT2D eigenvalue weighted by molar-refractivity contribution is 6.47. The predicted molar refractivity (Wildman–Crippen MR) is 104 cm³/mol. The second-order valence-electron chi connectivity index (χ2n) is 6.88. The number of nitrogens with one attached hydrogen (secondary N) is 1. The van der Waals surface area contributed by atoms with Crippen LogP contribution in [0.4, 0.5) is 10.1 Å². The third kappa shape index (κ3) is 4.01. The fourth-order valence-corrected chi connectivity index (χ4v) is 3.16. The highest BCUT2D eigenvalue weighted by atomic mass is 35.5. The summed E-state index contributed by atoms with van der Waals surface area (Å²) in [5.74, 6) is -1.15. The quantitative estimate of drug-likeness (QED) is 0.867. The van der Waals surface area contributed by atoms with E-state index in [0.717, 1.165) is 5.56 Å². The summed E-state index contributed by atoms with van der Waals surface area (Å²) in [6.07, 6.45) is 0. The second-order valence-corrected chi connectivity index (χ2v) is 7.29. The summed E-state index contributed by atoms with van der Waals surface area (Å²) < 4.78 is 13.1. The smallest absolute Gasteiger partial charge is 0.275 e. The molecular formula is C20H19ClFN3O2. The van der Waals surface area contributed by atoms with Crippen molar-refractivity contribution in [1.82, 2.24) is 4.90 Å². The molecule has 27 heavy (non-hydrogen) atoms. The van der Waals surface area contributed by atoms with Gasteiger partial charge in [0.15, 0.2) is 0 Å². The predicted octanol–water partition coefficient (Wildman–Crippen LogP) is 3.79. The molecule has 0 saturated carbocycles. The number of carbonyl (C=O) groups excluding carboxylic acids is 2. The van der Waals surface area contributed by atoms with Crippen molar-refractivity contribution in [3.63, 3.8) is 0 Å². The summed E-state index contributed by atoms with van der Waals surface area (Å²) in [7, 11) is 0. The lowest BCUT2D eigenvalue weighted by molar-refractivity contribution is -0.131. The summed E-state index contributed by atoms with van der Waals surface area (Å²) in [5, 5.41) is 3.15. The molecule has 1 N–H and O–H groups in total. The molecule has 1 heterocycles. The van der Waals surface area contributed by atoms with Gasteiger partial charge in [0.25, 0.3) is 5.91 Å². The molecule has 1 aliphatic heterocycles. The van der Waals surface area contributed by atoms with Crippen molar-refractivity contribution in [2.24, 2.45) is 4.99 Å². The lowest BCUT2D eigenvalue weighted by atomic mass is 10.1. The van der Waals surface area contributed by atoms with Gasteiger partial charge in [0.1, 0.15) is 23.7 Å². The first kappa shape index (κ1) is 19.0. The van der Waals surface area contributed by atoms with Crippen LogP contribution in [0.25, 0.3) is 0 Å². The van der Waals surface area contributed by atoms with E-state index in [1.54, 1.807) is 26.0 Å². The first-order chi connectivity index (χ1) is 12.7. The van der Waals surface area contributed by atoms with Gasteiger partial charge in [0, 0.05) is 5.56 Å². The Balaban J connectivity index is 1.76. The maximum Gasteiger partial charge on any atom is 0.275 e. The maximum atomic E-state index is 13.1. The molecule has 2 amide bonds. The number of rotatable bonds is 4. The molecule has 0 bridgehead atoms. The molecule has 1 aliphatic rings. The average molecular weight is 388 g/mol. The number of nitrogens with zero attached hydrogens (tertiary/aromatic N) is 2. The number of hydrogen-bond acceptors (Lipinski definition) is 3. The topological polar surface area (TPSA) is 61.8 Å². The van der Waals surface area contributed by atoms with Crippen LogP contribution in [-0.4, -0.2) is 34.6 Å². The van der Waals surface area contributed by atoms with Crippen molar-refractivity contribution in [3.05, 3.63) is 64.4 Å². The lowest BCUT2D eigenvalue weighted by Gasteiger charge is -2.28. The van der Waals surface area contributed by atoms with Crippen molar-refractivity contribution < 1.29 is 14.0 Å². The molecule has 2 aromatic carbocycles. The minimum absolute atomic E-state index is 0.176. The Bertz CT molecular complexity index is 939. The van der Waals surface area contributed by atoms with E-state index in [1.165, 1.54) is 29.2 Å². The molecule has 5 nitrogen and oxygen atoms in total. The number of anilines is 1. The molecule has 0 unspecified atom stereocenters. The number of aryl methyl sites for hydroxylation is 1. The van der Waals surface area contributed by atoms with Gasteiger partial charge in [-0.1, -0.05) is 17.7 Å². The fraction of sp³-hybridized carbons (Fsp3) is 0.250. The number of hydrogen-bond donors (Lipinski definition) is 1. The van der Waals surface area contributed by atoms with Crippen LogP contribution in [-0.2, 0) is 9.59 Å². The van der Waals surface area contributed by atoms with Crippen LogP contribution in [0.2, 0.25) is 5.02 Å². The molecule has 0 aliphatic carbocycles. The van der Waals surface area contributed by atoms with Crippen molar-refractivity contribution in [2.75, 3.05) is 11.9 Å². The number of carbonyl (C=O) groups is 2. The zero-order valence-electron chi connectivity index (χ0n) is 15.2. The minimum Gasteiger partial charge on any atom is -0.323 e. The van der Waals surface area contributed by atoms with E-state index in [1.807, 2.05) is 13.0 Å². The van der Waals surface area contributed by atoms with E-state index in [-0.39, 0.29) is 24.1 Å². The van der Waals surface area contributed by atoms with Crippen LogP contribution in [0.5, 0.6) is 0 Å². The Hall–Kier alpha value is -2.73. The Morgan fingerprint density at radius 1 is 1.22 bits per heavy atom. The SMILES string of the molecule is Cc1ccc(NC(=O)CN2C(=O)C(c3ccc(F)cc3)=NC2(C)C)c(Cl)c1. The van der Waals surface area contributed by atoms with Gasteiger partial charge in [0.2, 0.25) is 5.91 Å². The van der Waals surface area contributed by atoms with E-state index in [0.29, 0.717) is 16.3 Å². The number of halogens is 2. The van der Waals surface area contributed by atoms with E-state index in [2.05, 4.69) is 10.3 Å². The lowest BCUT2D eigenvalue weighted by Crippen LogP contribution is -2.46. The van der Waals surface area contributed by atoms with Crippen LogP contribution >= 0.6 is 11.6 Å². The molecule has 0 aromatic heterocycles. The van der Waals surface area contributed by atoms with Crippen molar-refractivity contribution in [1.29, 1.82) is 0 Å². The normalized spacial score (nSPS) is 15.7. The molecule has 2 aromatic rings. The van der Waals surface area contributed by atoms with Crippen LogP contribution in [0, 0.1) is 12.7 Å². The third-order valence-electron chi connectivity index (χ3n) is 4.31. The fourth-order valence-electron chi connectivity index (χ4n) is 2.87. The minimum atomic E-state index is -0.894. The molecule has 0 saturated heterocycles. The Morgan fingerprint density at radius 3 is 2.52 bits per heavy atom. The van der Waals surface area contributed by atoms with Gasteiger partial charge >= 0.3 is 0 Å². The monoisotopic (exact) mass is 387 g/mol. The Labute approximate surface area is 161 Å². The van der Waals surface area contributed by atoms with Crippen LogP contribution in [0.1, 0.15) is 25.0 Å². The summed E-state index contributed by atoms with van der Waals surface area (Å²) in [6, 6.07) is 10.8. The van der Waals surface area contributed by atoms with Gasteiger partial charge in [0.05, 0.1) is 10.7 Å². The summed E-state index contributed by atoms with van der Waals surface area (Å²) in [6.45, 7) is 5.21. The molecule has 0 atom stereocenters. The third-order valence-corrected chi connectivity index (χ3v) is 4.62. The summed E-state index contributed by atoms with van der Waals surface area (Å²) in [5.41, 5.74) is 1.29. The first-order valence-electron chi connectivity index (χ1n) is 8.41. The van der Waals surface area contributed by atoms with Crippen LogP contribution < -0.4 is 5.32 Å². The summed E-state index contributed by atoms with van der Waals surface area (Å²) in [4.78, 5) is 31.1. The van der Waals surface area contributed by atoms with E-state index < -0.39 is 11.5 Å². The maximum absolute atomic E-state index is 13.1. The number of aliphatic imine (C=N–C) groups is 1. The molecule has 3 rings (SSSR count). The van der Waals surface area contributed by atoms with E-state index in [9.17, 15) is 14.0 Å². The van der Waals surface area contributed by atoms with Gasteiger partial charge in [-0.05, 0) is 62.7 Å². The molecule has 0 fully saturated rings. The second kappa shape index (κ2) is 7.12. The highest BCUT2D eigenvalue weighted by Gasteiger charge is 2.41. The van der Waals surface area contributed by atoms with Crippen molar-refractivity contribution in [2.45, 2.75) is 26.4 Å². The molecular weight excluding hydrogens is 369 g/mol. The number of benzene rings is 2. The zero-order valence-corrected chi connectivity index (χ0v) is 16.0. The van der Waals surface area contributed by atoms with E-state index >= 15 is 0 Å². The standard InChI is InChI=1S/C20H19ClFN3O2/c1-12-4-9-16(15(21)10-12)23-17(26)11-25-19(27)18(24-20(25,2)3)13-5-7-14(22)8-6-13/h4-10H,11H2,1-3H3,(H,23,26).